The summed E-state index contributed by atoms with van der Waals surface area (Å²) in [6.07, 6.45) is 5.23. The summed E-state index contributed by atoms with van der Waals surface area (Å²) in [7, 11) is 0. The van der Waals surface area contributed by atoms with Crippen molar-refractivity contribution in [1.29, 1.82) is 0 Å². The number of rotatable bonds is 5. The number of hydrogen-bond acceptors (Lipinski definition) is 1. The van der Waals surface area contributed by atoms with Crippen LogP contribution in [0.2, 0.25) is 0 Å². The van der Waals surface area contributed by atoms with Crippen molar-refractivity contribution < 1.29 is 4.39 Å². The van der Waals surface area contributed by atoms with Crippen LogP contribution in [0.4, 0.5) is 4.39 Å². The molecule has 1 aromatic carbocycles. The predicted octanol–water partition coefficient (Wildman–Crippen LogP) is 3.39. The minimum absolute atomic E-state index is 0.112. The molecule has 0 bridgehead atoms. The maximum absolute atomic E-state index is 13.2. The van der Waals surface area contributed by atoms with E-state index in [4.69, 9.17) is 0 Å². The van der Waals surface area contributed by atoms with E-state index >= 15 is 0 Å². The molecule has 0 amide bonds. The van der Waals surface area contributed by atoms with Crippen molar-refractivity contribution in [2.24, 2.45) is 17.8 Å². The number of likely N-dealkylation sites (N-methyl/N-ethyl adjacent to an activating group) is 1. The molecule has 3 unspecified atom stereocenters. The number of fused-ring (bicyclic) bond motifs is 1. The summed E-state index contributed by atoms with van der Waals surface area (Å²) in [5, 5.41) is 3.62. The van der Waals surface area contributed by atoms with E-state index < -0.39 is 0 Å². The molecular formula is C16H22FN. The Morgan fingerprint density at radius 3 is 2.78 bits per heavy atom. The smallest absolute Gasteiger partial charge is 0.123 e. The molecule has 0 spiro atoms. The molecule has 2 fully saturated rings. The second kappa shape index (κ2) is 5.00. The Morgan fingerprint density at radius 1 is 1.33 bits per heavy atom. The van der Waals surface area contributed by atoms with Crippen molar-refractivity contribution in [3.8, 4) is 0 Å². The first-order valence-electron chi connectivity index (χ1n) is 7.27. The van der Waals surface area contributed by atoms with Crippen LogP contribution in [-0.4, -0.2) is 12.6 Å². The third-order valence-corrected chi connectivity index (χ3v) is 4.75. The monoisotopic (exact) mass is 247 g/mol. The predicted molar refractivity (Wildman–Crippen MR) is 71.9 cm³/mol. The summed E-state index contributed by atoms with van der Waals surface area (Å²) < 4.78 is 13.2. The van der Waals surface area contributed by atoms with Crippen molar-refractivity contribution in [1.82, 2.24) is 5.32 Å². The maximum atomic E-state index is 13.2. The van der Waals surface area contributed by atoms with E-state index in [0.29, 0.717) is 6.04 Å². The highest BCUT2D eigenvalue weighted by atomic mass is 19.1. The molecule has 0 radical (unpaired) electrons. The summed E-state index contributed by atoms with van der Waals surface area (Å²) in [4.78, 5) is 0. The van der Waals surface area contributed by atoms with E-state index in [-0.39, 0.29) is 5.82 Å². The summed E-state index contributed by atoms with van der Waals surface area (Å²) in [6.45, 7) is 3.17. The van der Waals surface area contributed by atoms with Gasteiger partial charge in [-0.2, -0.15) is 0 Å². The number of benzene rings is 1. The molecule has 2 aliphatic carbocycles. The third-order valence-electron chi connectivity index (χ3n) is 4.75. The van der Waals surface area contributed by atoms with Crippen molar-refractivity contribution >= 4 is 0 Å². The normalized spacial score (nSPS) is 31.1. The molecule has 0 aromatic heterocycles. The second-order valence-electron chi connectivity index (χ2n) is 5.83. The van der Waals surface area contributed by atoms with E-state index in [1.54, 1.807) is 6.07 Å². The lowest BCUT2D eigenvalue weighted by molar-refractivity contribution is 0.410. The lowest BCUT2D eigenvalue weighted by Crippen LogP contribution is -2.34. The first-order chi connectivity index (χ1) is 8.79. The first-order valence-corrected chi connectivity index (χ1v) is 7.27. The van der Waals surface area contributed by atoms with Crippen molar-refractivity contribution in [2.75, 3.05) is 6.54 Å². The van der Waals surface area contributed by atoms with Gasteiger partial charge in [-0.3, -0.25) is 0 Å². The van der Waals surface area contributed by atoms with Crippen LogP contribution >= 0.6 is 0 Å². The van der Waals surface area contributed by atoms with E-state index in [0.717, 1.165) is 36.3 Å². The van der Waals surface area contributed by atoms with Crippen LogP contribution in [0, 0.1) is 23.6 Å². The highest BCUT2D eigenvalue weighted by Gasteiger charge is 2.55. The largest absolute Gasteiger partial charge is 0.314 e. The molecule has 1 N–H and O–H groups in total. The van der Waals surface area contributed by atoms with Crippen molar-refractivity contribution in [3.05, 3.63) is 35.6 Å². The molecule has 0 saturated heterocycles. The second-order valence-corrected chi connectivity index (χ2v) is 5.83. The molecule has 0 aliphatic heterocycles. The van der Waals surface area contributed by atoms with Gasteiger partial charge in [0, 0.05) is 6.04 Å². The van der Waals surface area contributed by atoms with Gasteiger partial charge in [0.05, 0.1) is 0 Å². The number of hydrogen-bond donors (Lipinski definition) is 1. The Labute approximate surface area is 109 Å². The molecule has 1 aromatic rings. The zero-order valence-corrected chi connectivity index (χ0v) is 11.0. The molecule has 18 heavy (non-hydrogen) atoms. The van der Waals surface area contributed by atoms with Crippen molar-refractivity contribution in [3.63, 3.8) is 0 Å². The maximum Gasteiger partial charge on any atom is 0.123 e. The fraction of sp³-hybridized carbons (Fsp3) is 0.625. The van der Waals surface area contributed by atoms with Gasteiger partial charge in [0.25, 0.3) is 0 Å². The Kier molecular flexibility index (Phi) is 3.38. The van der Waals surface area contributed by atoms with E-state index in [1.165, 1.54) is 25.3 Å². The fourth-order valence-electron chi connectivity index (χ4n) is 4.00. The minimum Gasteiger partial charge on any atom is -0.314 e. The molecule has 0 heterocycles. The first kappa shape index (κ1) is 12.2. The number of halogens is 1. The SMILES string of the molecule is CCNC(Cc1cccc(F)c1)C1C2CCCC21. The summed E-state index contributed by atoms with van der Waals surface area (Å²) >= 11 is 0. The van der Waals surface area contributed by atoms with E-state index in [1.807, 2.05) is 12.1 Å². The van der Waals surface area contributed by atoms with Gasteiger partial charge in [-0.1, -0.05) is 25.5 Å². The van der Waals surface area contributed by atoms with Crippen LogP contribution in [-0.2, 0) is 6.42 Å². The Bertz CT molecular complexity index is 407. The summed E-state index contributed by atoms with van der Waals surface area (Å²) in [5.41, 5.74) is 1.13. The molecule has 2 saturated carbocycles. The average Bonchev–Trinajstić information content (AvgIpc) is 2.81. The zero-order valence-electron chi connectivity index (χ0n) is 11.0. The Hall–Kier alpha value is -0.890. The van der Waals surface area contributed by atoms with Crippen LogP contribution < -0.4 is 5.32 Å². The lowest BCUT2D eigenvalue weighted by Gasteiger charge is -2.20. The van der Waals surface area contributed by atoms with Crippen LogP contribution in [0.5, 0.6) is 0 Å². The zero-order chi connectivity index (χ0) is 12.5. The van der Waals surface area contributed by atoms with Gasteiger partial charge in [-0.15, -0.1) is 0 Å². The third kappa shape index (κ3) is 2.31. The van der Waals surface area contributed by atoms with Gasteiger partial charge in [0.15, 0.2) is 0 Å². The minimum atomic E-state index is -0.112. The van der Waals surface area contributed by atoms with Crippen LogP contribution in [0.3, 0.4) is 0 Å². The highest BCUT2D eigenvalue weighted by molar-refractivity contribution is 5.19. The van der Waals surface area contributed by atoms with Crippen molar-refractivity contribution in [2.45, 2.75) is 38.6 Å². The Balaban J connectivity index is 1.67. The van der Waals surface area contributed by atoms with Crippen LogP contribution in [0.15, 0.2) is 24.3 Å². The van der Waals surface area contributed by atoms with E-state index in [2.05, 4.69) is 12.2 Å². The number of nitrogens with one attached hydrogen (secondary N) is 1. The van der Waals surface area contributed by atoms with Gasteiger partial charge >= 0.3 is 0 Å². The summed E-state index contributed by atoms with van der Waals surface area (Å²) in [5.74, 6) is 2.66. The van der Waals surface area contributed by atoms with Crippen LogP contribution in [0.1, 0.15) is 31.7 Å². The van der Waals surface area contributed by atoms with Gasteiger partial charge in [0.2, 0.25) is 0 Å². The Morgan fingerprint density at radius 2 is 2.11 bits per heavy atom. The molecule has 3 rings (SSSR count). The van der Waals surface area contributed by atoms with Gasteiger partial charge < -0.3 is 5.32 Å². The topological polar surface area (TPSA) is 12.0 Å². The summed E-state index contributed by atoms with van der Waals surface area (Å²) in [6, 6.07) is 7.62. The molecule has 2 heteroatoms. The highest BCUT2D eigenvalue weighted by Crippen LogP contribution is 2.59. The molecular weight excluding hydrogens is 225 g/mol. The molecule has 1 nitrogen and oxygen atoms in total. The molecule has 3 atom stereocenters. The molecule has 2 aliphatic rings. The average molecular weight is 247 g/mol. The van der Waals surface area contributed by atoms with Crippen LogP contribution in [0.25, 0.3) is 0 Å². The van der Waals surface area contributed by atoms with Gasteiger partial charge in [0.1, 0.15) is 5.82 Å². The van der Waals surface area contributed by atoms with Gasteiger partial charge in [-0.25, -0.2) is 4.39 Å². The quantitative estimate of drug-likeness (QED) is 0.841. The van der Waals surface area contributed by atoms with E-state index in [9.17, 15) is 4.39 Å². The molecule has 98 valence electrons. The lowest BCUT2D eigenvalue weighted by atomic mass is 9.97. The van der Waals surface area contributed by atoms with Gasteiger partial charge in [-0.05, 0) is 61.3 Å². The standard InChI is InChI=1S/C16H22FN/c1-2-18-15(16-13-7-4-8-14(13)16)10-11-5-3-6-12(17)9-11/h3,5-6,9,13-16,18H,2,4,7-8,10H2,1H3. The fourth-order valence-corrected chi connectivity index (χ4v) is 4.00.